The van der Waals surface area contributed by atoms with E-state index in [0.29, 0.717) is 30.1 Å². The van der Waals surface area contributed by atoms with Crippen molar-refractivity contribution in [1.29, 1.82) is 0 Å². The van der Waals surface area contributed by atoms with Gasteiger partial charge in [0.15, 0.2) is 0 Å². The lowest BCUT2D eigenvalue weighted by Gasteiger charge is -2.39. The second-order valence-corrected chi connectivity index (χ2v) is 7.29. The summed E-state index contributed by atoms with van der Waals surface area (Å²) in [5, 5.41) is 3.73. The number of nitrogens with zero attached hydrogens (tertiary/aromatic N) is 1. The van der Waals surface area contributed by atoms with Gasteiger partial charge in [0.25, 0.3) is 0 Å². The van der Waals surface area contributed by atoms with Gasteiger partial charge < -0.3 is 9.64 Å². The summed E-state index contributed by atoms with van der Waals surface area (Å²) in [4.78, 5) is 15.1. The smallest absolute Gasteiger partial charge is 0.244 e. The number of hydrogen-bond acceptors (Lipinski definition) is 3. The maximum absolute atomic E-state index is 12.9. The molecule has 0 aromatic carbocycles. The Labute approximate surface area is 121 Å². The average molecular weight is 278 g/mol. The van der Waals surface area contributed by atoms with Gasteiger partial charge in [0, 0.05) is 12.6 Å². The van der Waals surface area contributed by atoms with E-state index >= 15 is 0 Å². The molecule has 1 amide bonds. The van der Waals surface area contributed by atoms with Gasteiger partial charge in [-0.3, -0.25) is 10.1 Å². The van der Waals surface area contributed by atoms with E-state index in [1.165, 1.54) is 25.7 Å². The van der Waals surface area contributed by atoms with Crippen molar-refractivity contribution in [3.8, 4) is 0 Å². The Morgan fingerprint density at radius 1 is 1.25 bits per heavy atom. The maximum atomic E-state index is 12.9. The highest BCUT2D eigenvalue weighted by Crippen LogP contribution is 2.47. The molecule has 2 saturated heterocycles. The second-order valence-electron chi connectivity index (χ2n) is 7.29. The Bertz CT molecular complexity index is 401. The zero-order valence-corrected chi connectivity index (χ0v) is 12.4. The molecule has 4 nitrogen and oxygen atoms in total. The zero-order valence-electron chi connectivity index (χ0n) is 12.4. The molecule has 0 bridgehead atoms. The molecular formula is C16H26N2O2. The summed E-state index contributed by atoms with van der Waals surface area (Å²) >= 11 is 0. The fraction of sp³-hybridized carbons (Fsp3) is 0.938. The molecule has 4 rings (SSSR count). The van der Waals surface area contributed by atoms with Gasteiger partial charge in [-0.25, -0.2) is 0 Å². The second kappa shape index (κ2) is 4.70. The Hall–Kier alpha value is -0.610. The maximum Gasteiger partial charge on any atom is 0.244 e. The van der Waals surface area contributed by atoms with Gasteiger partial charge in [0.1, 0.15) is 0 Å². The third kappa shape index (κ3) is 2.00. The highest BCUT2D eigenvalue weighted by atomic mass is 16.5. The minimum absolute atomic E-state index is 0.158. The van der Waals surface area contributed by atoms with Crippen molar-refractivity contribution in [3.05, 3.63) is 0 Å². The number of rotatable bonds is 2. The lowest BCUT2D eigenvalue weighted by molar-refractivity contribution is -0.137. The van der Waals surface area contributed by atoms with Gasteiger partial charge in [-0.05, 0) is 51.4 Å². The van der Waals surface area contributed by atoms with Crippen LogP contribution in [0.15, 0.2) is 0 Å². The van der Waals surface area contributed by atoms with E-state index in [-0.39, 0.29) is 5.54 Å². The molecule has 20 heavy (non-hydrogen) atoms. The molecule has 4 heteroatoms. The normalized spacial score (nSPS) is 40.8. The molecule has 3 atom stereocenters. The Morgan fingerprint density at radius 3 is 2.65 bits per heavy atom. The van der Waals surface area contributed by atoms with Crippen molar-refractivity contribution in [2.24, 2.45) is 5.92 Å². The van der Waals surface area contributed by atoms with Crippen LogP contribution in [-0.2, 0) is 9.53 Å². The molecule has 4 aliphatic rings. The van der Waals surface area contributed by atoms with Crippen molar-refractivity contribution in [2.75, 3.05) is 6.61 Å². The number of nitrogens with one attached hydrogen (secondary N) is 1. The third-order valence-electron chi connectivity index (χ3n) is 5.81. The number of amides is 1. The number of hydrogen-bond donors (Lipinski definition) is 1. The van der Waals surface area contributed by atoms with Gasteiger partial charge >= 0.3 is 0 Å². The van der Waals surface area contributed by atoms with Crippen LogP contribution in [0.1, 0.15) is 58.3 Å². The van der Waals surface area contributed by atoms with Crippen LogP contribution in [-0.4, -0.2) is 41.3 Å². The molecule has 2 aliphatic heterocycles. The number of carbonyl (C=O) groups is 1. The third-order valence-corrected chi connectivity index (χ3v) is 5.81. The van der Waals surface area contributed by atoms with Crippen molar-refractivity contribution in [1.82, 2.24) is 10.2 Å². The molecule has 3 unspecified atom stereocenters. The first-order valence-electron chi connectivity index (χ1n) is 8.42. The summed E-state index contributed by atoms with van der Waals surface area (Å²) in [6.07, 6.45) is 9.96. The summed E-state index contributed by atoms with van der Waals surface area (Å²) in [5.41, 5.74) is -0.158. The summed E-state index contributed by atoms with van der Waals surface area (Å²) in [7, 11) is 0. The van der Waals surface area contributed by atoms with Crippen molar-refractivity contribution in [3.63, 3.8) is 0 Å². The molecule has 0 aromatic heterocycles. The zero-order chi connectivity index (χ0) is 13.7. The highest BCUT2D eigenvalue weighted by Gasteiger charge is 2.61. The van der Waals surface area contributed by atoms with Crippen molar-refractivity contribution >= 4 is 5.91 Å². The van der Waals surface area contributed by atoms with E-state index in [2.05, 4.69) is 17.1 Å². The summed E-state index contributed by atoms with van der Waals surface area (Å²) < 4.78 is 5.67. The highest BCUT2D eigenvalue weighted by molar-refractivity contribution is 5.92. The number of ether oxygens (including phenoxy) is 1. The summed E-state index contributed by atoms with van der Waals surface area (Å²) in [5.74, 6) is 1.07. The molecule has 2 aliphatic carbocycles. The fourth-order valence-electron chi connectivity index (χ4n) is 4.51. The Kier molecular flexibility index (Phi) is 3.08. The van der Waals surface area contributed by atoms with E-state index in [9.17, 15) is 4.79 Å². The van der Waals surface area contributed by atoms with Crippen LogP contribution in [0, 0.1) is 5.92 Å². The largest absolute Gasteiger partial charge is 0.378 e. The molecular weight excluding hydrogens is 252 g/mol. The standard InChI is InChI=1S/C16H26N2O2/c1-11-10-13(6-9-20-11)18-14(12-4-2-3-5-12)17-16(7-8-16)15(18)19/h11-14,17H,2-10H2,1H3. The fourth-order valence-corrected chi connectivity index (χ4v) is 4.51. The van der Waals surface area contributed by atoms with Crippen LogP contribution in [0.4, 0.5) is 0 Å². The van der Waals surface area contributed by atoms with E-state index in [0.717, 1.165) is 32.3 Å². The SMILES string of the molecule is CC1CC(N2C(=O)C3(CC3)NC2C2CCCC2)CCO1. The van der Waals surface area contributed by atoms with Gasteiger partial charge in [-0.2, -0.15) is 0 Å². The van der Waals surface area contributed by atoms with Crippen LogP contribution in [0.3, 0.4) is 0 Å². The minimum Gasteiger partial charge on any atom is -0.378 e. The number of carbonyl (C=O) groups excluding carboxylic acids is 1. The molecule has 0 aromatic rings. The van der Waals surface area contributed by atoms with Crippen molar-refractivity contribution < 1.29 is 9.53 Å². The van der Waals surface area contributed by atoms with Gasteiger partial charge in [0.2, 0.25) is 5.91 Å². The van der Waals surface area contributed by atoms with Gasteiger partial charge in [0.05, 0.1) is 17.8 Å². The minimum atomic E-state index is -0.158. The monoisotopic (exact) mass is 278 g/mol. The molecule has 1 N–H and O–H groups in total. The van der Waals surface area contributed by atoms with Crippen LogP contribution in [0.25, 0.3) is 0 Å². The molecule has 4 fully saturated rings. The first-order valence-corrected chi connectivity index (χ1v) is 8.42. The van der Waals surface area contributed by atoms with Gasteiger partial charge in [-0.15, -0.1) is 0 Å². The predicted octanol–water partition coefficient (Wildman–Crippen LogP) is 2.03. The van der Waals surface area contributed by atoms with Crippen LogP contribution >= 0.6 is 0 Å². The molecule has 0 radical (unpaired) electrons. The summed E-state index contributed by atoms with van der Waals surface area (Å²) in [6, 6.07) is 0.393. The average Bonchev–Trinajstić information content (AvgIpc) is 2.91. The first kappa shape index (κ1) is 13.1. The van der Waals surface area contributed by atoms with E-state index in [1.807, 2.05) is 0 Å². The van der Waals surface area contributed by atoms with E-state index < -0.39 is 0 Å². The summed E-state index contributed by atoms with van der Waals surface area (Å²) in [6.45, 7) is 2.94. The first-order chi connectivity index (χ1) is 9.70. The molecule has 2 saturated carbocycles. The lowest BCUT2D eigenvalue weighted by Crippen LogP contribution is -2.50. The van der Waals surface area contributed by atoms with Crippen LogP contribution in [0.2, 0.25) is 0 Å². The molecule has 112 valence electrons. The lowest BCUT2D eigenvalue weighted by atomic mass is 9.98. The topological polar surface area (TPSA) is 41.6 Å². The van der Waals surface area contributed by atoms with Crippen molar-refractivity contribution in [2.45, 2.75) is 82.1 Å². The molecule has 1 spiro atoms. The van der Waals surface area contributed by atoms with Crippen LogP contribution < -0.4 is 5.32 Å². The van der Waals surface area contributed by atoms with Crippen LogP contribution in [0.5, 0.6) is 0 Å². The van der Waals surface area contributed by atoms with Gasteiger partial charge in [-0.1, -0.05) is 12.8 Å². The predicted molar refractivity (Wildman–Crippen MR) is 76.1 cm³/mol. The molecule has 2 heterocycles. The quantitative estimate of drug-likeness (QED) is 0.840. The van der Waals surface area contributed by atoms with E-state index in [1.54, 1.807) is 0 Å². The Balaban J connectivity index is 1.57. The Morgan fingerprint density at radius 2 is 2.00 bits per heavy atom. The van der Waals surface area contributed by atoms with E-state index in [4.69, 9.17) is 4.74 Å².